The average Bonchev–Trinajstić information content (AvgIpc) is 2.99. The predicted molar refractivity (Wildman–Crippen MR) is 119 cm³/mol. The number of benzene rings is 1. The lowest BCUT2D eigenvalue weighted by Gasteiger charge is -2.56. The van der Waals surface area contributed by atoms with E-state index in [1.807, 2.05) is 6.08 Å². The molecule has 1 N–H and O–H groups in total. The van der Waals surface area contributed by atoms with Crippen molar-refractivity contribution in [3.63, 3.8) is 0 Å². The van der Waals surface area contributed by atoms with Crippen molar-refractivity contribution in [1.29, 1.82) is 0 Å². The van der Waals surface area contributed by atoms with Gasteiger partial charge in [-0.05, 0) is 97.5 Å². The number of Topliss-reactive ketones (excluding diaryl/α,β-unsaturated/α-hetero) is 1. The minimum atomic E-state index is -4.72. The van der Waals surface area contributed by atoms with Crippen molar-refractivity contribution in [2.75, 3.05) is 0 Å². The third kappa shape index (κ3) is 3.84. The molecule has 4 aliphatic rings. The molecule has 6 atom stereocenters. The lowest BCUT2D eigenvalue weighted by atomic mass is 9.48. The lowest BCUT2D eigenvalue weighted by Crippen LogP contribution is -2.50. The van der Waals surface area contributed by atoms with Crippen LogP contribution in [0.2, 0.25) is 0 Å². The van der Waals surface area contributed by atoms with Crippen molar-refractivity contribution < 1.29 is 27.8 Å². The quantitative estimate of drug-likeness (QED) is 0.406. The van der Waals surface area contributed by atoms with Crippen LogP contribution in [0.1, 0.15) is 64.4 Å². The van der Waals surface area contributed by atoms with Gasteiger partial charge < -0.3 is 9.84 Å². The van der Waals surface area contributed by atoms with Crippen LogP contribution in [0.3, 0.4) is 0 Å². The smallest absolute Gasteiger partial charge is 0.406 e. The summed E-state index contributed by atoms with van der Waals surface area (Å²) in [5, 5.41) is 10.2. The summed E-state index contributed by atoms with van der Waals surface area (Å²) in [6.45, 7) is 4.48. The molecule has 0 spiro atoms. The topological polar surface area (TPSA) is 46.5 Å². The van der Waals surface area contributed by atoms with Gasteiger partial charge in [0.15, 0.2) is 5.78 Å². The highest BCUT2D eigenvalue weighted by Gasteiger charge is 2.59. The Kier molecular flexibility index (Phi) is 5.31. The number of hydrogen-bond acceptors (Lipinski definition) is 3. The number of fused-ring (bicyclic) bond motifs is 5. The van der Waals surface area contributed by atoms with Crippen LogP contribution in [0.4, 0.5) is 13.2 Å². The standard InChI is InChI=1S/C27H31F3O3/c1-25-11-9-19(31)15-18(25)5-8-21-22(25)10-12-26(2)23(21)14-17(24(26)32)13-16-3-6-20(7-4-16)33-27(28,29)30/h3-7,13,19,21-23,31H,8-12,14-15H2,1-2H3/b17-13+/t19-,21+,22-,23-,25+,26-/m1/s1. The van der Waals surface area contributed by atoms with Crippen molar-refractivity contribution in [2.24, 2.45) is 28.6 Å². The van der Waals surface area contributed by atoms with E-state index < -0.39 is 6.36 Å². The molecule has 0 bridgehead atoms. The number of carbonyl (C=O) groups is 1. The second kappa shape index (κ2) is 7.72. The molecular formula is C27H31F3O3. The van der Waals surface area contributed by atoms with Crippen LogP contribution >= 0.6 is 0 Å². The summed E-state index contributed by atoms with van der Waals surface area (Å²) < 4.78 is 41.2. The van der Waals surface area contributed by atoms with Gasteiger partial charge in [-0.2, -0.15) is 0 Å². The van der Waals surface area contributed by atoms with E-state index in [2.05, 4.69) is 24.7 Å². The zero-order valence-corrected chi connectivity index (χ0v) is 19.1. The molecule has 6 heteroatoms. The first-order chi connectivity index (χ1) is 15.5. The van der Waals surface area contributed by atoms with Crippen LogP contribution in [-0.4, -0.2) is 23.4 Å². The maximum absolute atomic E-state index is 13.5. The van der Waals surface area contributed by atoms with Crippen molar-refractivity contribution in [3.05, 3.63) is 47.1 Å². The summed E-state index contributed by atoms with van der Waals surface area (Å²) in [7, 11) is 0. The normalized spacial score (nSPS) is 39.5. The van der Waals surface area contributed by atoms with Crippen molar-refractivity contribution >= 4 is 11.9 Å². The molecular weight excluding hydrogens is 429 g/mol. The Morgan fingerprint density at radius 3 is 2.42 bits per heavy atom. The van der Waals surface area contributed by atoms with Crippen LogP contribution in [0.25, 0.3) is 6.08 Å². The summed E-state index contributed by atoms with van der Waals surface area (Å²) >= 11 is 0. The Bertz CT molecular complexity index is 1010. The van der Waals surface area contributed by atoms with Gasteiger partial charge in [0.25, 0.3) is 0 Å². The monoisotopic (exact) mass is 460 g/mol. The number of halogens is 3. The maximum Gasteiger partial charge on any atom is 0.573 e. The van der Waals surface area contributed by atoms with Gasteiger partial charge in [-0.3, -0.25) is 4.79 Å². The first-order valence-corrected chi connectivity index (χ1v) is 12.0. The van der Waals surface area contributed by atoms with Crippen molar-refractivity contribution in [2.45, 2.75) is 71.3 Å². The molecule has 4 aliphatic carbocycles. The van der Waals surface area contributed by atoms with Crippen LogP contribution in [0.5, 0.6) is 5.75 Å². The molecule has 3 nitrogen and oxygen atoms in total. The van der Waals surface area contributed by atoms with Gasteiger partial charge >= 0.3 is 6.36 Å². The fourth-order valence-electron chi connectivity index (χ4n) is 7.41. The number of carbonyl (C=O) groups excluding carboxylic acids is 1. The molecule has 0 aromatic heterocycles. The minimum absolute atomic E-state index is 0.118. The van der Waals surface area contributed by atoms with E-state index in [4.69, 9.17) is 0 Å². The molecule has 3 saturated carbocycles. The SMILES string of the molecule is C[C@@]12CC[C@@H]3[C@H](CC=C4C[C@H](O)CC[C@@]43C)[C@H]1C/C(=C\c1ccc(OC(F)(F)F)cc1)C2=O. The highest BCUT2D eigenvalue weighted by atomic mass is 19.4. The summed E-state index contributed by atoms with van der Waals surface area (Å²) in [4.78, 5) is 13.5. The molecule has 0 amide bonds. The Morgan fingerprint density at radius 2 is 1.73 bits per heavy atom. The Hall–Kier alpha value is -2.08. The van der Waals surface area contributed by atoms with Gasteiger partial charge in [0.1, 0.15) is 5.75 Å². The first-order valence-electron chi connectivity index (χ1n) is 12.0. The number of ether oxygens (including phenoxy) is 1. The number of rotatable bonds is 2. The summed E-state index contributed by atoms with van der Waals surface area (Å²) in [5.74, 6) is 1.20. The third-order valence-corrected chi connectivity index (χ3v) is 9.17. The highest BCUT2D eigenvalue weighted by Crippen LogP contribution is 2.64. The second-order valence-corrected chi connectivity index (χ2v) is 10.9. The van der Waals surface area contributed by atoms with Gasteiger partial charge in [-0.15, -0.1) is 13.2 Å². The van der Waals surface area contributed by atoms with Gasteiger partial charge in [0.2, 0.25) is 0 Å². The molecule has 0 radical (unpaired) electrons. The maximum atomic E-state index is 13.5. The zero-order valence-electron chi connectivity index (χ0n) is 19.1. The van der Waals surface area contributed by atoms with E-state index in [0.29, 0.717) is 17.4 Å². The van der Waals surface area contributed by atoms with Crippen LogP contribution < -0.4 is 4.74 Å². The number of aliphatic hydroxyl groups excluding tert-OH is 1. The van der Waals surface area contributed by atoms with Gasteiger partial charge in [0.05, 0.1) is 6.10 Å². The number of hydrogen-bond donors (Lipinski definition) is 1. The van der Waals surface area contributed by atoms with Gasteiger partial charge in [0, 0.05) is 5.41 Å². The van der Waals surface area contributed by atoms with E-state index in [9.17, 15) is 23.1 Å². The minimum Gasteiger partial charge on any atom is -0.406 e. The molecule has 3 fully saturated rings. The van der Waals surface area contributed by atoms with Crippen LogP contribution in [0.15, 0.2) is 41.5 Å². The first kappa shape index (κ1) is 22.7. The molecule has 5 rings (SSSR count). The summed E-state index contributed by atoms with van der Waals surface area (Å²) in [6.07, 6.45) is 5.47. The van der Waals surface area contributed by atoms with E-state index >= 15 is 0 Å². The lowest BCUT2D eigenvalue weighted by molar-refractivity contribution is -0.274. The molecule has 0 saturated heterocycles. The van der Waals surface area contributed by atoms with Crippen molar-refractivity contribution in [3.8, 4) is 5.75 Å². The van der Waals surface area contributed by atoms with Crippen LogP contribution in [-0.2, 0) is 4.79 Å². The third-order valence-electron chi connectivity index (χ3n) is 9.17. The Labute approximate surface area is 192 Å². The molecule has 1 aromatic carbocycles. The number of aliphatic hydroxyl groups is 1. The predicted octanol–water partition coefficient (Wildman–Crippen LogP) is 6.47. The summed E-state index contributed by atoms with van der Waals surface area (Å²) in [6, 6.07) is 5.71. The number of ketones is 1. The van der Waals surface area contributed by atoms with E-state index in [1.54, 1.807) is 12.1 Å². The zero-order chi connectivity index (χ0) is 23.6. The second-order valence-electron chi connectivity index (χ2n) is 10.9. The molecule has 1 aromatic rings. The Morgan fingerprint density at radius 1 is 1.03 bits per heavy atom. The van der Waals surface area contributed by atoms with Gasteiger partial charge in [-0.1, -0.05) is 37.6 Å². The van der Waals surface area contributed by atoms with Crippen LogP contribution in [0, 0.1) is 28.6 Å². The largest absolute Gasteiger partial charge is 0.573 e. The van der Waals surface area contributed by atoms with Gasteiger partial charge in [-0.25, -0.2) is 0 Å². The van der Waals surface area contributed by atoms with E-state index in [0.717, 1.165) is 50.5 Å². The molecule has 0 aliphatic heterocycles. The average molecular weight is 461 g/mol. The molecule has 178 valence electrons. The molecule has 0 unspecified atom stereocenters. The summed E-state index contributed by atoms with van der Waals surface area (Å²) in [5.41, 5.74) is 2.65. The van der Waals surface area contributed by atoms with Crippen molar-refractivity contribution in [1.82, 2.24) is 0 Å². The molecule has 33 heavy (non-hydrogen) atoms. The Balaban J connectivity index is 1.40. The van der Waals surface area contributed by atoms with E-state index in [1.165, 1.54) is 17.7 Å². The van der Waals surface area contributed by atoms with E-state index in [-0.39, 0.29) is 34.4 Å². The fraction of sp³-hybridized carbons (Fsp3) is 0.593. The molecule has 0 heterocycles. The fourth-order valence-corrected chi connectivity index (χ4v) is 7.41. The number of alkyl halides is 3. The highest BCUT2D eigenvalue weighted by molar-refractivity contribution is 6.05. The number of allylic oxidation sites excluding steroid dienone is 2.